The molecule has 1 heterocycles. The molecule has 5 nitrogen and oxygen atoms in total. The molecule has 0 fully saturated rings. The largest absolute Gasteiger partial charge is 0.361 e. The molecule has 0 aliphatic carbocycles. The van der Waals surface area contributed by atoms with E-state index < -0.39 is 0 Å². The summed E-state index contributed by atoms with van der Waals surface area (Å²) in [5, 5.41) is 14.3. The van der Waals surface area contributed by atoms with Crippen LogP contribution in [0.25, 0.3) is 0 Å². The van der Waals surface area contributed by atoms with Gasteiger partial charge in [-0.25, -0.2) is 4.98 Å². The first-order valence-electron chi connectivity index (χ1n) is 5.01. The number of nitriles is 1. The maximum Gasteiger partial charge on any atom is 0.239 e. The van der Waals surface area contributed by atoms with Gasteiger partial charge in [-0.15, -0.1) is 0 Å². The molecule has 0 aliphatic heterocycles. The lowest BCUT2D eigenvalue weighted by Crippen LogP contribution is -2.34. The highest BCUT2D eigenvalue weighted by Crippen LogP contribution is 2.04. The van der Waals surface area contributed by atoms with Gasteiger partial charge in [0.15, 0.2) is 0 Å². The van der Waals surface area contributed by atoms with Crippen molar-refractivity contribution in [3.05, 3.63) is 23.9 Å². The number of aromatic nitrogens is 1. The number of pyridine rings is 1. The number of nitrogens with zero attached hydrogens (tertiary/aromatic N) is 2. The molecular weight excluding hydrogens is 204 g/mol. The van der Waals surface area contributed by atoms with E-state index in [0.717, 1.165) is 0 Å². The van der Waals surface area contributed by atoms with Gasteiger partial charge in [0.05, 0.1) is 18.2 Å². The average molecular weight is 218 g/mol. The Kier molecular flexibility index (Phi) is 4.28. The van der Waals surface area contributed by atoms with E-state index in [1.54, 1.807) is 12.1 Å². The quantitative estimate of drug-likeness (QED) is 0.786. The minimum absolute atomic E-state index is 0.0980. The zero-order valence-corrected chi connectivity index (χ0v) is 9.32. The molecule has 0 aromatic carbocycles. The van der Waals surface area contributed by atoms with Crippen LogP contribution in [0.5, 0.6) is 0 Å². The smallest absolute Gasteiger partial charge is 0.239 e. The van der Waals surface area contributed by atoms with Crippen LogP contribution >= 0.6 is 0 Å². The summed E-state index contributed by atoms with van der Waals surface area (Å²) in [7, 11) is 0. The molecule has 0 aliphatic rings. The number of carbonyl (C=O) groups excluding carboxylic acids is 1. The van der Waals surface area contributed by atoms with E-state index in [4.69, 9.17) is 5.26 Å². The predicted molar refractivity (Wildman–Crippen MR) is 60.7 cm³/mol. The fourth-order valence-corrected chi connectivity index (χ4v) is 1.14. The van der Waals surface area contributed by atoms with Crippen molar-refractivity contribution >= 4 is 11.7 Å². The van der Waals surface area contributed by atoms with Crippen molar-refractivity contribution in [2.45, 2.75) is 19.9 Å². The van der Waals surface area contributed by atoms with Gasteiger partial charge in [0.1, 0.15) is 5.82 Å². The van der Waals surface area contributed by atoms with Crippen LogP contribution in [0, 0.1) is 11.3 Å². The van der Waals surface area contributed by atoms with E-state index in [1.807, 2.05) is 19.9 Å². The zero-order chi connectivity index (χ0) is 12.0. The van der Waals surface area contributed by atoms with Crippen LogP contribution in [-0.4, -0.2) is 23.5 Å². The summed E-state index contributed by atoms with van der Waals surface area (Å²) in [5.74, 6) is 0.428. The molecule has 0 spiro atoms. The van der Waals surface area contributed by atoms with Crippen LogP contribution in [0.4, 0.5) is 5.82 Å². The topological polar surface area (TPSA) is 77.8 Å². The summed E-state index contributed by atoms with van der Waals surface area (Å²) >= 11 is 0. The third-order valence-electron chi connectivity index (χ3n) is 1.77. The highest BCUT2D eigenvalue weighted by Gasteiger charge is 2.03. The van der Waals surface area contributed by atoms with Gasteiger partial charge >= 0.3 is 0 Å². The van der Waals surface area contributed by atoms with Crippen molar-refractivity contribution in [3.8, 4) is 6.07 Å². The SMILES string of the molecule is CC(C)NC(=O)CNc1cc(C#N)ccn1. The van der Waals surface area contributed by atoms with E-state index in [2.05, 4.69) is 15.6 Å². The molecule has 0 radical (unpaired) electrons. The summed E-state index contributed by atoms with van der Waals surface area (Å²) in [6.07, 6.45) is 1.53. The lowest BCUT2D eigenvalue weighted by molar-refractivity contribution is -0.119. The lowest BCUT2D eigenvalue weighted by Gasteiger charge is -2.09. The minimum Gasteiger partial charge on any atom is -0.361 e. The second-order valence-corrected chi connectivity index (χ2v) is 3.62. The summed E-state index contributed by atoms with van der Waals surface area (Å²) < 4.78 is 0. The number of hydrogen-bond donors (Lipinski definition) is 2. The van der Waals surface area contributed by atoms with E-state index in [-0.39, 0.29) is 18.5 Å². The number of carbonyl (C=O) groups is 1. The van der Waals surface area contributed by atoms with Crippen LogP contribution in [-0.2, 0) is 4.79 Å². The standard InChI is InChI=1S/C11H14N4O/c1-8(2)15-11(16)7-14-10-5-9(6-12)3-4-13-10/h3-5,8H,7H2,1-2H3,(H,13,14)(H,15,16). The van der Waals surface area contributed by atoms with Crippen LogP contribution in [0.2, 0.25) is 0 Å². The monoisotopic (exact) mass is 218 g/mol. The molecule has 5 heteroatoms. The fraction of sp³-hybridized carbons (Fsp3) is 0.364. The van der Waals surface area contributed by atoms with E-state index >= 15 is 0 Å². The molecule has 1 aromatic heterocycles. The highest BCUT2D eigenvalue weighted by atomic mass is 16.1. The third-order valence-corrected chi connectivity index (χ3v) is 1.77. The Labute approximate surface area is 94.5 Å². The van der Waals surface area contributed by atoms with E-state index in [0.29, 0.717) is 11.4 Å². The Morgan fingerprint density at radius 3 is 3.00 bits per heavy atom. The summed E-state index contributed by atoms with van der Waals surface area (Å²) in [6, 6.07) is 5.34. The molecule has 0 bridgehead atoms. The molecule has 0 atom stereocenters. The van der Waals surface area contributed by atoms with E-state index in [9.17, 15) is 4.79 Å². The summed E-state index contributed by atoms with van der Waals surface area (Å²) in [6.45, 7) is 3.94. The normalized spacial score (nSPS) is 9.62. The van der Waals surface area contributed by atoms with Crippen LogP contribution in [0.3, 0.4) is 0 Å². The van der Waals surface area contributed by atoms with Crippen LogP contribution in [0.1, 0.15) is 19.4 Å². The molecule has 1 amide bonds. The summed E-state index contributed by atoms with van der Waals surface area (Å²) in [5.41, 5.74) is 0.516. The molecule has 16 heavy (non-hydrogen) atoms. The lowest BCUT2D eigenvalue weighted by atomic mass is 10.3. The average Bonchev–Trinajstić information content (AvgIpc) is 2.26. The first-order valence-corrected chi connectivity index (χ1v) is 5.01. The van der Waals surface area contributed by atoms with Crippen molar-refractivity contribution < 1.29 is 4.79 Å². The van der Waals surface area contributed by atoms with Gasteiger partial charge in [0.2, 0.25) is 5.91 Å². The van der Waals surface area contributed by atoms with Crippen LogP contribution < -0.4 is 10.6 Å². The Hall–Kier alpha value is -2.09. The molecule has 0 unspecified atom stereocenters. The Balaban J connectivity index is 2.49. The van der Waals surface area contributed by atoms with Crippen molar-refractivity contribution in [1.82, 2.24) is 10.3 Å². The second-order valence-electron chi connectivity index (χ2n) is 3.62. The molecular formula is C11H14N4O. The fourth-order valence-electron chi connectivity index (χ4n) is 1.14. The van der Waals surface area contributed by atoms with Gasteiger partial charge in [-0.2, -0.15) is 5.26 Å². The number of rotatable bonds is 4. The van der Waals surface area contributed by atoms with Gasteiger partial charge in [-0.1, -0.05) is 0 Å². The first-order chi connectivity index (χ1) is 7.61. The number of hydrogen-bond acceptors (Lipinski definition) is 4. The number of anilines is 1. The second kappa shape index (κ2) is 5.71. The summed E-state index contributed by atoms with van der Waals surface area (Å²) in [4.78, 5) is 15.3. The Bertz CT molecular complexity index is 409. The highest BCUT2D eigenvalue weighted by molar-refractivity contribution is 5.80. The molecule has 1 rings (SSSR count). The molecule has 84 valence electrons. The van der Waals surface area contributed by atoms with Gasteiger partial charge in [-0.05, 0) is 26.0 Å². The van der Waals surface area contributed by atoms with Crippen molar-refractivity contribution in [2.75, 3.05) is 11.9 Å². The first kappa shape index (κ1) is 12.0. The van der Waals surface area contributed by atoms with Crippen molar-refractivity contribution in [1.29, 1.82) is 5.26 Å². The van der Waals surface area contributed by atoms with Crippen molar-refractivity contribution in [2.24, 2.45) is 0 Å². The number of amides is 1. The van der Waals surface area contributed by atoms with Gasteiger partial charge in [0, 0.05) is 12.2 Å². The van der Waals surface area contributed by atoms with Gasteiger partial charge < -0.3 is 10.6 Å². The molecule has 0 saturated carbocycles. The zero-order valence-electron chi connectivity index (χ0n) is 9.32. The third kappa shape index (κ3) is 3.96. The molecule has 2 N–H and O–H groups in total. The van der Waals surface area contributed by atoms with E-state index in [1.165, 1.54) is 6.20 Å². The Morgan fingerprint density at radius 2 is 2.38 bits per heavy atom. The minimum atomic E-state index is -0.0980. The predicted octanol–water partition coefficient (Wildman–Crippen LogP) is 0.890. The van der Waals surface area contributed by atoms with Gasteiger partial charge in [0.25, 0.3) is 0 Å². The Morgan fingerprint density at radius 1 is 1.62 bits per heavy atom. The number of nitrogens with one attached hydrogen (secondary N) is 2. The van der Waals surface area contributed by atoms with Gasteiger partial charge in [-0.3, -0.25) is 4.79 Å². The van der Waals surface area contributed by atoms with Crippen molar-refractivity contribution in [3.63, 3.8) is 0 Å². The van der Waals surface area contributed by atoms with Crippen LogP contribution in [0.15, 0.2) is 18.3 Å². The maximum absolute atomic E-state index is 11.3. The molecule has 0 saturated heterocycles. The maximum atomic E-state index is 11.3. The molecule has 1 aromatic rings.